The Kier molecular flexibility index (Phi) is 4.62. The van der Waals surface area contributed by atoms with E-state index >= 15 is 0 Å². The van der Waals surface area contributed by atoms with E-state index in [1.807, 2.05) is 10.9 Å². The van der Waals surface area contributed by atoms with Gasteiger partial charge in [-0.1, -0.05) is 0 Å². The quantitative estimate of drug-likeness (QED) is 0.321. The van der Waals surface area contributed by atoms with E-state index < -0.39 is 12.1 Å². The second-order valence-electron chi connectivity index (χ2n) is 1.96. The molecule has 0 saturated heterocycles. The molecule has 0 rings (SSSR count). The van der Waals surface area contributed by atoms with E-state index in [-0.39, 0.29) is 0 Å². The van der Waals surface area contributed by atoms with Crippen LogP contribution in [-0.4, -0.2) is 24.0 Å². The van der Waals surface area contributed by atoms with Crippen molar-refractivity contribution in [3.05, 3.63) is 0 Å². The molecular formula is C5H10N6O2. The lowest BCUT2D eigenvalue weighted by atomic mass is 10.5. The van der Waals surface area contributed by atoms with Crippen LogP contribution in [0, 0.1) is 0 Å². The zero-order valence-electron chi connectivity index (χ0n) is 6.94. The average Bonchev–Trinajstić information content (AvgIpc) is 2.00. The van der Waals surface area contributed by atoms with Crippen molar-refractivity contribution >= 4 is 24.0 Å². The minimum atomic E-state index is -0.785. The van der Waals surface area contributed by atoms with E-state index in [1.165, 1.54) is 6.21 Å². The second kappa shape index (κ2) is 5.52. The fourth-order valence-corrected chi connectivity index (χ4v) is 0.361. The van der Waals surface area contributed by atoms with Crippen LogP contribution in [0.5, 0.6) is 0 Å². The Labute approximate surface area is 74.0 Å². The van der Waals surface area contributed by atoms with Crippen LogP contribution in [0.2, 0.25) is 0 Å². The highest BCUT2D eigenvalue weighted by Gasteiger charge is 1.89. The molecule has 0 radical (unpaired) electrons. The number of primary amides is 2. The molecule has 0 bridgehead atoms. The van der Waals surface area contributed by atoms with Crippen LogP contribution in [0.1, 0.15) is 6.92 Å². The summed E-state index contributed by atoms with van der Waals surface area (Å²) in [6, 6.07) is -1.57. The van der Waals surface area contributed by atoms with Crippen LogP contribution >= 0.6 is 0 Å². The Balaban J connectivity index is 3.91. The van der Waals surface area contributed by atoms with E-state index in [4.69, 9.17) is 11.5 Å². The minimum Gasteiger partial charge on any atom is -0.350 e. The molecule has 0 unspecified atom stereocenters. The van der Waals surface area contributed by atoms with Crippen LogP contribution in [0.15, 0.2) is 10.2 Å². The molecule has 6 N–H and O–H groups in total. The molecule has 0 aliphatic carbocycles. The highest BCUT2D eigenvalue weighted by Crippen LogP contribution is 1.69. The zero-order valence-corrected chi connectivity index (χ0v) is 6.94. The molecule has 8 heteroatoms. The van der Waals surface area contributed by atoms with Gasteiger partial charge in [-0.2, -0.15) is 10.2 Å². The maximum atomic E-state index is 10.2. The number of rotatable bonds is 3. The molecule has 0 heterocycles. The van der Waals surface area contributed by atoms with Crippen molar-refractivity contribution in [2.75, 3.05) is 0 Å². The smallest absolute Gasteiger partial charge is 0.332 e. The van der Waals surface area contributed by atoms with Gasteiger partial charge in [0.15, 0.2) is 0 Å². The SMILES string of the molecule is CC(/C=N/NC(N)=O)=N\NC(N)=O. The number of nitrogens with two attached hydrogens (primary N) is 2. The number of hydrazone groups is 2. The summed E-state index contributed by atoms with van der Waals surface area (Å²) < 4.78 is 0. The number of hydrogen-bond acceptors (Lipinski definition) is 4. The fraction of sp³-hybridized carbons (Fsp3) is 0.200. The first-order valence-corrected chi connectivity index (χ1v) is 3.20. The van der Waals surface area contributed by atoms with E-state index in [1.54, 1.807) is 6.92 Å². The largest absolute Gasteiger partial charge is 0.350 e. The third-order valence-electron chi connectivity index (χ3n) is 0.769. The summed E-state index contributed by atoms with van der Waals surface area (Å²) in [6.45, 7) is 1.54. The van der Waals surface area contributed by atoms with Gasteiger partial charge in [-0.3, -0.25) is 0 Å². The van der Waals surface area contributed by atoms with Crippen LogP contribution < -0.4 is 22.3 Å². The third kappa shape index (κ3) is 7.78. The highest BCUT2D eigenvalue weighted by molar-refractivity contribution is 6.29. The van der Waals surface area contributed by atoms with Crippen molar-refractivity contribution < 1.29 is 9.59 Å². The molecule has 0 aliphatic heterocycles. The molecule has 0 fully saturated rings. The summed E-state index contributed by atoms with van der Waals surface area (Å²) >= 11 is 0. The Morgan fingerprint density at radius 1 is 1.23 bits per heavy atom. The maximum Gasteiger partial charge on any atom is 0.332 e. The Bertz CT molecular complexity index is 258. The van der Waals surface area contributed by atoms with Crippen molar-refractivity contribution in [1.82, 2.24) is 10.9 Å². The summed E-state index contributed by atoms with van der Waals surface area (Å²) in [4.78, 5) is 20.3. The number of nitrogens with one attached hydrogen (secondary N) is 2. The average molecular weight is 186 g/mol. The van der Waals surface area contributed by atoms with Gasteiger partial charge >= 0.3 is 12.1 Å². The van der Waals surface area contributed by atoms with Crippen LogP contribution in [0.3, 0.4) is 0 Å². The second-order valence-corrected chi connectivity index (χ2v) is 1.96. The molecule has 72 valence electrons. The van der Waals surface area contributed by atoms with Crippen LogP contribution in [0.4, 0.5) is 9.59 Å². The Morgan fingerprint density at radius 3 is 2.23 bits per heavy atom. The molecule has 13 heavy (non-hydrogen) atoms. The molecule has 0 aromatic carbocycles. The monoisotopic (exact) mass is 186 g/mol. The van der Waals surface area contributed by atoms with Gasteiger partial charge in [0.2, 0.25) is 0 Å². The van der Waals surface area contributed by atoms with Crippen LogP contribution in [0.25, 0.3) is 0 Å². The third-order valence-corrected chi connectivity index (χ3v) is 0.769. The normalized spacial score (nSPS) is 11.3. The molecule has 0 spiro atoms. The maximum absolute atomic E-state index is 10.2. The van der Waals surface area contributed by atoms with Gasteiger partial charge < -0.3 is 11.5 Å². The van der Waals surface area contributed by atoms with Crippen molar-refractivity contribution in [3.8, 4) is 0 Å². The van der Waals surface area contributed by atoms with Gasteiger partial charge in [0.05, 0.1) is 11.9 Å². The molecule has 4 amide bonds. The molecule has 0 aromatic heterocycles. The summed E-state index contributed by atoms with van der Waals surface area (Å²) in [5.41, 5.74) is 13.7. The number of hydrogen-bond donors (Lipinski definition) is 4. The van der Waals surface area contributed by atoms with Gasteiger partial charge in [0, 0.05) is 0 Å². The van der Waals surface area contributed by atoms with Gasteiger partial charge in [-0.15, -0.1) is 0 Å². The number of carbonyl (C=O) groups is 2. The summed E-state index contributed by atoms with van der Waals surface area (Å²) in [5, 5.41) is 6.85. The highest BCUT2D eigenvalue weighted by atomic mass is 16.2. The molecule has 0 atom stereocenters. The van der Waals surface area contributed by atoms with Crippen molar-refractivity contribution in [3.63, 3.8) is 0 Å². The molecular weight excluding hydrogens is 176 g/mol. The number of carbonyl (C=O) groups excluding carboxylic acids is 2. The number of urea groups is 2. The van der Waals surface area contributed by atoms with E-state index in [9.17, 15) is 9.59 Å². The molecule has 0 aromatic rings. The Hall–Kier alpha value is -2.12. The van der Waals surface area contributed by atoms with E-state index in [0.717, 1.165) is 0 Å². The standard InChI is InChI=1S/C5H10N6O2/c1-3(9-11-5(7)13)2-8-10-4(6)12/h2H,1H3,(H3,6,10,12)(H3,7,11,13)/b8-2+,9-3+. The van der Waals surface area contributed by atoms with E-state index in [2.05, 4.69) is 10.2 Å². The molecule has 0 aliphatic rings. The molecule has 0 saturated carbocycles. The topological polar surface area (TPSA) is 135 Å². The lowest BCUT2D eigenvalue weighted by molar-refractivity contribution is 0.248. The predicted molar refractivity (Wildman–Crippen MR) is 47.0 cm³/mol. The minimum absolute atomic E-state index is 0.354. The molecule has 8 nitrogen and oxygen atoms in total. The lowest BCUT2D eigenvalue weighted by Gasteiger charge is -1.93. The summed E-state index contributed by atoms with van der Waals surface area (Å²) in [5.74, 6) is 0. The van der Waals surface area contributed by atoms with Gasteiger partial charge in [0.25, 0.3) is 0 Å². The number of amides is 4. The zero-order chi connectivity index (χ0) is 10.3. The first kappa shape index (κ1) is 10.9. The van der Waals surface area contributed by atoms with Crippen molar-refractivity contribution in [2.24, 2.45) is 21.7 Å². The predicted octanol–water partition coefficient (Wildman–Crippen LogP) is -1.32. The summed E-state index contributed by atoms with van der Waals surface area (Å²) in [6.07, 6.45) is 1.20. The van der Waals surface area contributed by atoms with Gasteiger partial charge in [-0.25, -0.2) is 20.4 Å². The van der Waals surface area contributed by atoms with Crippen LogP contribution in [-0.2, 0) is 0 Å². The van der Waals surface area contributed by atoms with Gasteiger partial charge in [-0.05, 0) is 6.92 Å². The lowest BCUT2D eigenvalue weighted by Crippen LogP contribution is -2.26. The number of nitrogens with zero attached hydrogens (tertiary/aromatic N) is 2. The fourth-order valence-electron chi connectivity index (χ4n) is 0.361. The van der Waals surface area contributed by atoms with Crippen molar-refractivity contribution in [2.45, 2.75) is 6.92 Å². The first-order chi connectivity index (χ1) is 6.02. The van der Waals surface area contributed by atoms with Gasteiger partial charge in [0.1, 0.15) is 0 Å². The first-order valence-electron chi connectivity index (χ1n) is 3.20. The van der Waals surface area contributed by atoms with Crippen molar-refractivity contribution in [1.29, 1.82) is 0 Å². The Morgan fingerprint density at radius 2 is 1.77 bits per heavy atom. The van der Waals surface area contributed by atoms with E-state index in [0.29, 0.717) is 5.71 Å². The summed E-state index contributed by atoms with van der Waals surface area (Å²) in [7, 11) is 0.